The van der Waals surface area contributed by atoms with E-state index in [0.717, 1.165) is 27.3 Å². The molecule has 18 heavy (non-hydrogen) atoms. The van der Waals surface area contributed by atoms with Crippen LogP contribution in [-0.2, 0) is 0 Å². The zero-order chi connectivity index (χ0) is 13.3. The third-order valence-electron chi connectivity index (χ3n) is 3.23. The molecule has 2 aromatic carbocycles. The maximum Gasteiger partial charge on any atom is 0.104 e. The molecule has 0 spiro atoms. The minimum Gasteiger partial charge on any atom is -0.384 e. The molecule has 2 aromatic rings. The Morgan fingerprint density at radius 2 is 1.56 bits per heavy atom. The van der Waals surface area contributed by atoms with Crippen LogP contribution >= 0.6 is 11.6 Å². The Kier molecular flexibility index (Phi) is 3.74. The third kappa shape index (κ3) is 2.58. The summed E-state index contributed by atoms with van der Waals surface area (Å²) in [4.78, 5) is 0. The van der Waals surface area contributed by atoms with E-state index in [9.17, 15) is 5.11 Å². The maximum absolute atomic E-state index is 10.4. The Balaban J connectivity index is 2.42. The van der Waals surface area contributed by atoms with Gasteiger partial charge in [-0.15, -0.1) is 0 Å². The number of hydrogen-bond acceptors (Lipinski definition) is 1. The standard InChI is InChI=1S/C16H17ClO/c1-10-4-6-13(7-5-10)16(18)14-8-12(3)15(17)9-11(14)2/h4-9,16,18H,1-3H3. The van der Waals surface area contributed by atoms with Gasteiger partial charge in [-0.1, -0.05) is 47.5 Å². The smallest absolute Gasteiger partial charge is 0.104 e. The van der Waals surface area contributed by atoms with Crippen molar-refractivity contribution in [2.24, 2.45) is 0 Å². The molecule has 0 fully saturated rings. The van der Waals surface area contributed by atoms with E-state index in [-0.39, 0.29) is 0 Å². The molecule has 0 saturated carbocycles. The van der Waals surface area contributed by atoms with E-state index in [1.54, 1.807) is 0 Å². The van der Waals surface area contributed by atoms with Crippen LogP contribution in [0.5, 0.6) is 0 Å². The van der Waals surface area contributed by atoms with Crippen molar-refractivity contribution in [3.63, 3.8) is 0 Å². The summed E-state index contributed by atoms with van der Waals surface area (Å²) in [6, 6.07) is 11.8. The van der Waals surface area contributed by atoms with Gasteiger partial charge in [-0.3, -0.25) is 0 Å². The molecule has 2 rings (SSSR count). The lowest BCUT2D eigenvalue weighted by Crippen LogP contribution is -2.02. The van der Waals surface area contributed by atoms with Gasteiger partial charge in [0.2, 0.25) is 0 Å². The second-order valence-corrected chi connectivity index (χ2v) is 5.18. The second kappa shape index (κ2) is 5.13. The minimum absolute atomic E-state index is 0.596. The predicted molar refractivity (Wildman–Crippen MR) is 76.2 cm³/mol. The maximum atomic E-state index is 10.4. The number of aryl methyl sites for hydroxylation is 3. The Morgan fingerprint density at radius 3 is 2.17 bits per heavy atom. The molecule has 1 unspecified atom stereocenters. The SMILES string of the molecule is Cc1ccc(C(O)c2cc(C)c(Cl)cc2C)cc1. The van der Waals surface area contributed by atoms with Crippen LogP contribution in [0.15, 0.2) is 36.4 Å². The van der Waals surface area contributed by atoms with Crippen molar-refractivity contribution in [1.82, 2.24) is 0 Å². The van der Waals surface area contributed by atoms with E-state index in [0.29, 0.717) is 0 Å². The Hall–Kier alpha value is -1.31. The van der Waals surface area contributed by atoms with Crippen molar-refractivity contribution in [1.29, 1.82) is 0 Å². The van der Waals surface area contributed by atoms with Crippen molar-refractivity contribution >= 4 is 11.6 Å². The summed E-state index contributed by atoms with van der Waals surface area (Å²) < 4.78 is 0. The Labute approximate surface area is 113 Å². The highest BCUT2D eigenvalue weighted by Crippen LogP contribution is 2.29. The van der Waals surface area contributed by atoms with Crippen LogP contribution < -0.4 is 0 Å². The molecule has 0 amide bonds. The molecule has 0 saturated heterocycles. The summed E-state index contributed by atoms with van der Waals surface area (Å²) in [6.45, 7) is 5.96. The molecule has 1 N–H and O–H groups in total. The highest BCUT2D eigenvalue weighted by atomic mass is 35.5. The average molecular weight is 261 g/mol. The van der Waals surface area contributed by atoms with Gasteiger partial charge in [0.05, 0.1) is 0 Å². The first-order chi connectivity index (χ1) is 8.49. The lowest BCUT2D eigenvalue weighted by atomic mass is 9.95. The molecule has 0 aliphatic heterocycles. The number of rotatable bonds is 2. The molecular formula is C16H17ClO. The van der Waals surface area contributed by atoms with Crippen LogP contribution in [0, 0.1) is 20.8 Å². The first-order valence-electron chi connectivity index (χ1n) is 6.00. The average Bonchev–Trinajstić information content (AvgIpc) is 2.34. The molecule has 0 radical (unpaired) electrons. The Morgan fingerprint density at radius 1 is 0.944 bits per heavy atom. The second-order valence-electron chi connectivity index (χ2n) is 4.77. The van der Waals surface area contributed by atoms with E-state index >= 15 is 0 Å². The summed E-state index contributed by atoms with van der Waals surface area (Å²) in [6.07, 6.45) is -0.596. The minimum atomic E-state index is -0.596. The summed E-state index contributed by atoms with van der Waals surface area (Å²) >= 11 is 6.08. The van der Waals surface area contributed by atoms with Gasteiger partial charge in [-0.05, 0) is 49.1 Å². The largest absolute Gasteiger partial charge is 0.384 e. The van der Waals surface area contributed by atoms with Gasteiger partial charge in [0, 0.05) is 5.02 Å². The first kappa shape index (κ1) is 13.1. The lowest BCUT2D eigenvalue weighted by Gasteiger charge is -2.16. The van der Waals surface area contributed by atoms with E-state index < -0.39 is 6.10 Å². The van der Waals surface area contributed by atoms with Crippen LogP contribution in [0.4, 0.5) is 0 Å². The summed E-state index contributed by atoms with van der Waals surface area (Å²) in [5, 5.41) is 11.2. The van der Waals surface area contributed by atoms with E-state index in [1.807, 2.05) is 57.2 Å². The highest BCUT2D eigenvalue weighted by molar-refractivity contribution is 6.31. The molecule has 2 heteroatoms. The molecule has 0 aromatic heterocycles. The zero-order valence-electron chi connectivity index (χ0n) is 10.9. The van der Waals surface area contributed by atoms with Crippen molar-refractivity contribution in [3.8, 4) is 0 Å². The van der Waals surface area contributed by atoms with Gasteiger partial charge in [-0.2, -0.15) is 0 Å². The van der Waals surface area contributed by atoms with Gasteiger partial charge in [0.25, 0.3) is 0 Å². The normalized spacial score (nSPS) is 12.5. The topological polar surface area (TPSA) is 20.2 Å². The molecule has 0 aliphatic carbocycles. The predicted octanol–water partition coefficient (Wildman–Crippen LogP) is 4.35. The number of aliphatic hydroxyl groups excluding tert-OH is 1. The molecule has 0 heterocycles. The fourth-order valence-electron chi connectivity index (χ4n) is 2.03. The van der Waals surface area contributed by atoms with Crippen molar-refractivity contribution in [2.75, 3.05) is 0 Å². The van der Waals surface area contributed by atoms with Gasteiger partial charge >= 0.3 is 0 Å². The number of hydrogen-bond donors (Lipinski definition) is 1. The van der Waals surface area contributed by atoms with Crippen LogP contribution in [0.2, 0.25) is 5.02 Å². The molecule has 1 nitrogen and oxygen atoms in total. The van der Waals surface area contributed by atoms with E-state index in [1.165, 1.54) is 5.56 Å². The fourth-order valence-corrected chi connectivity index (χ4v) is 2.24. The molecule has 0 aliphatic rings. The van der Waals surface area contributed by atoms with Gasteiger partial charge < -0.3 is 5.11 Å². The number of benzene rings is 2. The summed E-state index contributed by atoms with van der Waals surface area (Å²) in [5.74, 6) is 0. The van der Waals surface area contributed by atoms with Crippen LogP contribution in [0.25, 0.3) is 0 Å². The third-order valence-corrected chi connectivity index (χ3v) is 3.64. The van der Waals surface area contributed by atoms with Crippen LogP contribution in [0.1, 0.15) is 33.9 Å². The van der Waals surface area contributed by atoms with Crippen LogP contribution in [0.3, 0.4) is 0 Å². The van der Waals surface area contributed by atoms with E-state index in [2.05, 4.69) is 0 Å². The summed E-state index contributed by atoms with van der Waals surface area (Å²) in [5.41, 5.74) is 5.02. The molecular weight excluding hydrogens is 244 g/mol. The van der Waals surface area contributed by atoms with Gasteiger partial charge in [0.15, 0.2) is 0 Å². The highest BCUT2D eigenvalue weighted by Gasteiger charge is 2.14. The molecule has 1 atom stereocenters. The zero-order valence-corrected chi connectivity index (χ0v) is 11.6. The fraction of sp³-hybridized carbons (Fsp3) is 0.250. The Bertz CT molecular complexity index is 558. The van der Waals surface area contributed by atoms with Crippen molar-refractivity contribution in [3.05, 3.63) is 69.2 Å². The van der Waals surface area contributed by atoms with Gasteiger partial charge in [-0.25, -0.2) is 0 Å². The van der Waals surface area contributed by atoms with E-state index in [4.69, 9.17) is 11.6 Å². The quantitative estimate of drug-likeness (QED) is 0.851. The number of aliphatic hydroxyl groups is 1. The van der Waals surface area contributed by atoms with Gasteiger partial charge in [0.1, 0.15) is 6.10 Å². The number of halogens is 1. The summed E-state index contributed by atoms with van der Waals surface area (Å²) in [7, 11) is 0. The first-order valence-corrected chi connectivity index (χ1v) is 6.38. The molecule has 94 valence electrons. The van der Waals surface area contributed by atoms with Crippen LogP contribution in [-0.4, -0.2) is 5.11 Å². The molecule has 0 bridgehead atoms. The van der Waals surface area contributed by atoms with Crippen molar-refractivity contribution in [2.45, 2.75) is 26.9 Å². The monoisotopic (exact) mass is 260 g/mol. The lowest BCUT2D eigenvalue weighted by molar-refractivity contribution is 0.219. The van der Waals surface area contributed by atoms with Crippen molar-refractivity contribution < 1.29 is 5.11 Å².